The molecule has 2 amide bonds. The number of carbonyl (C=O) groups is 2. The van der Waals surface area contributed by atoms with E-state index in [1.165, 1.54) is 40.6 Å². The van der Waals surface area contributed by atoms with Crippen LogP contribution in [0.4, 0.5) is 18.4 Å². The van der Waals surface area contributed by atoms with Crippen LogP contribution in [0.5, 0.6) is 5.75 Å². The van der Waals surface area contributed by atoms with Gasteiger partial charge in [0.2, 0.25) is 0 Å². The summed E-state index contributed by atoms with van der Waals surface area (Å²) in [6.07, 6.45) is 0.230. The Morgan fingerprint density at radius 3 is 1.88 bits per heavy atom. The van der Waals surface area contributed by atoms with Crippen LogP contribution in [0.25, 0.3) is 0 Å². The highest BCUT2D eigenvalue weighted by atomic mass is 32.2. The number of ether oxygens (including phenoxy) is 3. The summed E-state index contributed by atoms with van der Waals surface area (Å²) in [7, 11) is 1.59. The summed E-state index contributed by atoms with van der Waals surface area (Å²) in [5.74, 6) is 0.802. The average Bonchev–Trinajstić information content (AvgIpc) is 3.18. The standard InChI is InChI=1S/C46H56F2N4O6S2/c1-43(2,3)52(40-50-45(35-12-8-10-14-37(35)47)24-32(53)20-18-30(45)28-60-40)42(55)57-34-23-19-31-27-59-39(49-46(31,25-34)36-13-9-11-15-38(36)48)51(41(54)58-44(4,5)6)26-29-16-21-33(56-7)22-17-29/h8-17,21-22,30-32,34,53H,18-20,23-28H2,1-7H3/t30-,31-,32+,34+,45-,46-/m0/s1. The number of hydrogen-bond donors (Lipinski definition) is 1. The molecule has 2 aliphatic heterocycles. The molecule has 3 aromatic carbocycles. The summed E-state index contributed by atoms with van der Waals surface area (Å²) < 4.78 is 49.5. The van der Waals surface area contributed by atoms with Crippen LogP contribution >= 0.6 is 23.5 Å². The van der Waals surface area contributed by atoms with E-state index in [9.17, 15) is 14.7 Å². The van der Waals surface area contributed by atoms with Gasteiger partial charge in [-0.3, -0.25) is 9.80 Å². The zero-order chi connectivity index (χ0) is 43.0. The number of amides is 2. The van der Waals surface area contributed by atoms with Crippen LogP contribution in [0, 0.1) is 23.5 Å². The SMILES string of the molecule is COc1ccc(CN(C(=O)OC(C)(C)C)C2=N[C@@]3(c4ccccc4F)C[C@H](OC(=O)N(C4=N[C@@]5(c6ccccc6F)C[C@H](O)CC[C@H]5CS4)C(C)(C)C)CC[C@H]3CS2)cc1. The molecule has 3 aromatic rings. The fraction of sp³-hybridized carbons (Fsp3) is 0.522. The van der Waals surface area contributed by atoms with E-state index in [4.69, 9.17) is 24.2 Å². The number of thioether (sulfide) groups is 2. The monoisotopic (exact) mass is 862 g/mol. The summed E-state index contributed by atoms with van der Waals surface area (Å²) in [4.78, 5) is 42.3. The number of methoxy groups -OCH3 is 1. The zero-order valence-corrected chi connectivity index (χ0v) is 37.1. The van der Waals surface area contributed by atoms with Crippen molar-refractivity contribution in [2.45, 2.75) is 121 Å². The van der Waals surface area contributed by atoms with E-state index in [1.807, 2.05) is 45.0 Å². The number of carbonyl (C=O) groups excluding carboxylic acids is 2. The van der Waals surface area contributed by atoms with E-state index in [1.54, 1.807) is 69.2 Å². The van der Waals surface area contributed by atoms with Gasteiger partial charge in [0.15, 0.2) is 10.3 Å². The number of aliphatic hydroxyl groups is 1. The number of aliphatic imine (C=N–C) groups is 2. The number of amidine groups is 2. The van der Waals surface area contributed by atoms with E-state index in [2.05, 4.69) is 0 Å². The van der Waals surface area contributed by atoms with Crippen molar-refractivity contribution in [2.24, 2.45) is 21.8 Å². The van der Waals surface area contributed by atoms with E-state index in [-0.39, 0.29) is 31.2 Å². The molecule has 14 heteroatoms. The molecule has 0 aromatic heterocycles. The van der Waals surface area contributed by atoms with Crippen LogP contribution in [0.15, 0.2) is 82.8 Å². The molecule has 7 rings (SSSR count). The maximum absolute atomic E-state index is 16.2. The first-order chi connectivity index (χ1) is 28.4. The van der Waals surface area contributed by atoms with Crippen LogP contribution in [0.3, 0.4) is 0 Å². The molecule has 60 heavy (non-hydrogen) atoms. The summed E-state index contributed by atoms with van der Waals surface area (Å²) in [6, 6.07) is 20.5. The molecule has 2 aliphatic carbocycles. The lowest BCUT2D eigenvalue weighted by Gasteiger charge is -2.49. The predicted molar refractivity (Wildman–Crippen MR) is 233 cm³/mol. The van der Waals surface area contributed by atoms with Crippen molar-refractivity contribution >= 4 is 46.0 Å². The Hall–Kier alpha value is -4.14. The Morgan fingerprint density at radius 2 is 1.32 bits per heavy atom. The highest BCUT2D eigenvalue weighted by Gasteiger charge is 2.53. The molecule has 0 unspecified atom stereocenters. The number of hydrogen-bond acceptors (Lipinski definition) is 10. The van der Waals surface area contributed by atoms with Gasteiger partial charge >= 0.3 is 12.2 Å². The molecular weight excluding hydrogens is 807 g/mol. The molecule has 2 saturated carbocycles. The first-order valence-electron chi connectivity index (χ1n) is 20.7. The highest BCUT2D eigenvalue weighted by Crippen LogP contribution is 2.53. The fourth-order valence-electron chi connectivity index (χ4n) is 9.01. The lowest BCUT2D eigenvalue weighted by Crippen LogP contribution is -2.55. The van der Waals surface area contributed by atoms with Gasteiger partial charge in [-0.1, -0.05) is 72.1 Å². The van der Waals surface area contributed by atoms with Gasteiger partial charge in [-0.15, -0.1) is 0 Å². The second-order valence-electron chi connectivity index (χ2n) is 18.3. The van der Waals surface area contributed by atoms with Gasteiger partial charge in [-0.05, 0) is 109 Å². The van der Waals surface area contributed by atoms with Crippen molar-refractivity contribution in [3.8, 4) is 5.75 Å². The van der Waals surface area contributed by atoms with Crippen molar-refractivity contribution < 1.29 is 37.7 Å². The minimum atomic E-state index is -1.18. The zero-order valence-electron chi connectivity index (χ0n) is 35.5. The van der Waals surface area contributed by atoms with Crippen LogP contribution in [0.1, 0.15) is 96.8 Å². The molecule has 0 radical (unpaired) electrons. The van der Waals surface area contributed by atoms with Crippen LogP contribution in [-0.4, -0.2) is 79.4 Å². The second kappa shape index (κ2) is 17.3. The highest BCUT2D eigenvalue weighted by molar-refractivity contribution is 8.14. The minimum Gasteiger partial charge on any atom is -0.497 e. The first kappa shape index (κ1) is 43.9. The van der Waals surface area contributed by atoms with Crippen molar-refractivity contribution in [1.82, 2.24) is 9.80 Å². The van der Waals surface area contributed by atoms with E-state index < -0.39 is 58.2 Å². The Balaban J connectivity index is 1.25. The van der Waals surface area contributed by atoms with Gasteiger partial charge in [-0.2, -0.15) is 0 Å². The van der Waals surface area contributed by atoms with Crippen LogP contribution in [-0.2, 0) is 27.1 Å². The van der Waals surface area contributed by atoms with Crippen LogP contribution in [0.2, 0.25) is 0 Å². The van der Waals surface area contributed by atoms with E-state index >= 15 is 8.78 Å². The predicted octanol–water partition coefficient (Wildman–Crippen LogP) is 10.3. The number of aliphatic hydroxyl groups excluding tert-OH is 1. The normalized spacial score (nSPS) is 26.7. The molecule has 6 atom stereocenters. The maximum atomic E-state index is 16.2. The van der Waals surface area contributed by atoms with Gasteiger partial charge in [0.05, 0.1) is 30.8 Å². The van der Waals surface area contributed by atoms with Gasteiger partial charge < -0.3 is 19.3 Å². The molecule has 322 valence electrons. The Bertz CT molecular complexity index is 2120. The van der Waals surface area contributed by atoms with Crippen molar-refractivity contribution in [3.05, 3.63) is 101 Å². The smallest absolute Gasteiger partial charge is 0.416 e. The summed E-state index contributed by atoms with van der Waals surface area (Å²) in [5.41, 5.74) is -2.24. The number of benzene rings is 3. The van der Waals surface area contributed by atoms with Gasteiger partial charge in [0.25, 0.3) is 0 Å². The van der Waals surface area contributed by atoms with Gasteiger partial charge in [-0.25, -0.2) is 28.4 Å². The van der Waals surface area contributed by atoms with Crippen molar-refractivity contribution in [2.75, 3.05) is 18.6 Å². The summed E-state index contributed by atoms with van der Waals surface area (Å²) >= 11 is 2.88. The minimum absolute atomic E-state index is 0.0403. The third kappa shape index (κ3) is 9.06. The Morgan fingerprint density at radius 1 is 0.767 bits per heavy atom. The number of fused-ring (bicyclic) bond motifs is 2. The molecule has 1 N–H and O–H groups in total. The average molecular weight is 863 g/mol. The lowest BCUT2D eigenvalue weighted by molar-refractivity contribution is 0.0122. The van der Waals surface area contributed by atoms with Crippen LogP contribution < -0.4 is 4.74 Å². The lowest BCUT2D eigenvalue weighted by atomic mass is 9.68. The quantitative estimate of drug-likeness (QED) is 0.261. The molecule has 4 aliphatic rings. The molecule has 2 fully saturated rings. The van der Waals surface area contributed by atoms with Crippen molar-refractivity contribution in [1.29, 1.82) is 0 Å². The molecule has 2 heterocycles. The molecule has 10 nitrogen and oxygen atoms in total. The molecular formula is C46H56F2N4O6S2. The third-order valence-electron chi connectivity index (χ3n) is 11.9. The maximum Gasteiger partial charge on any atom is 0.416 e. The number of halogens is 2. The van der Waals surface area contributed by atoms with Crippen molar-refractivity contribution in [3.63, 3.8) is 0 Å². The molecule has 0 bridgehead atoms. The summed E-state index contributed by atoms with van der Waals surface area (Å²) in [5, 5.41) is 11.7. The second-order valence-corrected chi connectivity index (χ2v) is 20.2. The number of nitrogens with zero attached hydrogens (tertiary/aromatic N) is 4. The van der Waals surface area contributed by atoms with Gasteiger partial charge in [0.1, 0.15) is 29.1 Å². The van der Waals surface area contributed by atoms with E-state index in [0.717, 1.165) is 5.56 Å². The Kier molecular flexibility index (Phi) is 12.7. The third-order valence-corrected chi connectivity index (χ3v) is 14.1. The van der Waals surface area contributed by atoms with Gasteiger partial charge in [0, 0.05) is 41.0 Å². The number of rotatable bonds is 6. The fourth-order valence-corrected chi connectivity index (χ4v) is 11.8. The van der Waals surface area contributed by atoms with E-state index in [0.29, 0.717) is 64.4 Å². The molecule has 0 saturated heterocycles. The topological polar surface area (TPSA) is 113 Å². The largest absolute Gasteiger partial charge is 0.497 e. The summed E-state index contributed by atoms with van der Waals surface area (Å²) in [6.45, 7) is 11.3. The Labute approximate surface area is 360 Å². The first-order valence-corrected chi connectivity index (χ1v) is 22.7. The molecule has 0 spiro atoms.